The summed E-state index contributed by atoms with van der Waals surface area (Å²) in [6.45, 7) is 5.92. The molecule has 0 aliphatic rings. The summed E-state index contributed by atoms with van der Waals surface area (Å²) in [6.07, 6.45) is 4.22. The summed E-state index contributed by atoms with van der Waals surface area (Å²) in [5.41, 5.74) is 1.72. The highest BCUT2D eigenvalue weighted by Crippen LogP contribution is 2.07. The number of nitrogens with one attached hydrogen (secondary N) is 1. The second-order valence-electron chi connectivity index (χ2n) is 3.51. The second kappa shape index (κ2) is 4.74. The molecular formula is C11H16N2O. The SMILES string of the molecule is CCc1cnccc1C(=O)NC(C)C. The van der Waals surface area contributed by atoms with E-state index in [1.54, 1.807) is 18.5 Å². The number of amides is 1. The monoisotopic (exact) mass is 192 g/mol. The number of carbonyl (C=O) groups is 1. The van der Waals surface area contributed by atoms with Crippen LogP contribution in [0.5, 0.6) is 0 Å². The highest BCUT2D eigenvalue weighted by Gasteiger charge is 2.10. The minimum atomic E-state index is -0.0146. The van der Waals surface area contributed by atoms with Crippen LogP contribution >= 0.6 is 0 Å². The average Bonchev–Trinajstić information content (AvgIpc) is 2.16. The summed E-state index contributed by atoms with van der Waals surface area (Å²) in [4.78, 5) is 15.7. The van der Waals surface area contributed by atoms with E-state index in [1.807, 2.05) is 20.8 Å². The molecule has 1 N–H and O–H groups in total. The molecule has 14 heavy (non-hydrogen) atoms. The van der Waals surface area contributed by atoms with Crippen LogP contribution in [-0.4, -0.2) is 16.9 Å². The first-order chi connectivity index (χ1) is 6.65. The third-order valence-electron chi connectivity index (χ3n) is 1.95. The van der Waals surface area contributed by atoms with Gasteiger partial charge in [0.25, 0.3) is 5.91 Å². The van der Waals surface area contributed by atoms with Crippen LogP contribution in [0.25, 0.3) is 0 Å². The van der Waals surface area contributed by atoms with Gasteiger partial charge in [0, 0.05) is 24.0 Å². The van der Waals surface area contributed by atoms with E-state index >= 15 is 0 Å². The van der Waals surface area contributed by atoms with Crippen LogP contribution in [0.1, 0.15) is 36.7 Å². The number of hydrogen-bond acceptors (Lipinski definition) is 2. The maximum absolute atomic E-state index is 11.7. The Kier molecular flexibility index (Phi) is 3.63. The number of hydrogen-bond donors (Lipinski definition) is 1. The van der Waals surface area contributed by atoms with Gasteiger partial charge in [-0.1, -0.05) is 6.92 Å². The van der Waals surface area contributed by atoms with Crippen molar-refractivity contribution in [1.29, 1.82) is 0 Å². The van der Waals surface area contributed by atoms with Crippen molar-refractivity contribution in [1.82, 2.24) is 10.3 Å². The summed E-state index contributed by atoms with van der Waals surface area (Å²) >= 11 is 0. The summed E-state index contributed by atoms with van der Waals surface area (Å²) < 4.78 is 0. The molecule has 0 bridgehead atoms. The van der Waals surface area contributed by atoms with Gasteiger partial charge in [0.15, 0.2) is 0 Å². The zero-order valence-electron chi connectivity index (χ0n) is 8.87. The Morgan fingerprint density at radius 1 is 1.57 bits per heavy atom. The molecule has 0 aromatic carbocycles. The lowest BCUT2D eigenvalue weighted by molar-refractivity contribution is 0.0942. The maximum Gasteiger partial charge on any atom is 0.251 e. The van der Waals surface area contributed by atoms with Crippen LogP contribution in [0, 0.1) is 0 Å². The molecular weight excluding hydrogens is 176 g/mol. The lowest BCUT2D eigenvalue weighted by atomic mass is 10.1. The van der Waals surface area contributed by atoms with Crippen LogP contribution < -0.4 is 5.32 Å². The number of nitrogens with zero attached hydrogens (tertiary/aromatic N) is 1. The van der Waals surface area contributed by atoms with Crippen LogP contribution in [0.3, 0.4) is 0 Å². The van der Waals surface area contributed by atoms with Gasteiger partial charge in [0.05, 0.1) is 0 Å². The highest BCUT2D eigenvalue weighted by atomic mass is 16.1. The first-order valence-electron chi connectivity index (χ1n) is 4.89. The third-order valence-corrected chi connectivity index (χ3v) is 1.95. The number of aromatic nitrogens is 1. The largest absolute Gasteiger partial charge is 0.350 e. The van der Waals surface area contributed by atoms with Gasteiger partial charge >= 0.3 is 0 Å². The molecule has 3 nitrogen and oxygen atoms in total. The van der Waals surface area contributed by atoms with E-state index in [4.69, 9.17) is 0 Å². The summed E-state index contributed by atoms with van der Waals surface area (Å²) in [5.74, 6) is -0.0146. The third kappa shape index (κ3) is 2.55. The summed E-state index contributed by atoms with van der Waals surface area (Å²) in [5, 5.41) is 2.87. The zero-order chi connectivity index (χ0) is 10.6. The molecule has 0 spiro atoms. The van der Waals surface area contributed by atoms with Crippen molar-refractivity contribution >= 4 is 5.91 Å². The topological polar surface area (TPSA) is 42.0 Å². The molecule has 0 fully saturated rings. The van der Waals surface area contributed by atoms with E-state index in [-0.39, 0.29) is 11.9 Å². The first-order valence-corrected chi connectivity index (χ1v) is 4.89. The molecule has 0 saturated carbocycles. The quantitative estimate of drug-likeness (QED) is 0.793. The molecule has 76 valence electrons. The maximum atomic E-state index is 11.7. The molecule has 0 atom stereocenters. The van der Waals surface area contributed by atoms with E-state index in [1.165, 1.54) is 0 Å². The van der Waals surface area contributed by atoms with Crippen LogP contribution in [0.15, 0.2) is 18.5 Å². The molecule has 0 aliphatic heterocycles. The van der Waals surface area contributed by atoms with Gasteiger partial charge in [-0.15, -0.1) is 0 Å². The van der Waals surface area contributed by atoms with E-state index in [0.29, 0.717) is 0 Å². The van der Waals surface area contributed by atoms with Gasteiger partial charge in [-0.25, -0.2) is 0 Å². The zero-order valence-corrected chi connectivity index (χ0v) is 8.87. The second-order valence-corrected chi connectivity index (χ2v) is 3.51. The summed E-state index contributed by atoms with van der Waals surface area (Å²) in [7, 11) is 0. The Balaban J connectivity index is 2.88. The van der Waals surface area contributed by atoms with Gasteiger partial charge in [-0.2, -0.15) is 0 Å². The molecule has 0 saturated heterocycles. The fourth-order valence-electron chi connectivity index (χ4n) is 1.27. The number of pyridine rings is 1. The van der Waals surface area contributed by atoms with E-state index in [2.05, 4.69) is 10.3 Å². The van der Waals surface area contributed by atoms with Gasteiger partial charge in [-0.3, -0.25) is 9.78 Å². The highest BCUT2D eigenvalue weighted by molar-refractivity contribution is 5.95. The van der Waals surface area contributed by atoms with Crippen molar-refractivity contribution in [2.45, 2.75) is 33.2 Å². The normalized spacial score (nSPS) is 10.3. The van der Waals surface area contributed by atoms with Crippen molar-refractivity contribution in [3.05, 3.63) is 29.6 Å². The summed E-state index contributed by atoms with van der Waals surface area (Å²) in [6, 6.07) is 1.93. The number of carbonyl (C=O) groups excluding carboxylic acids is 1. The number of rotatable bonds is 3. The Hall–Kier alpha value is -1.38. The lowest BCUT2D eigenvalue weighted by Gasteiger charge is -2.10. The van der Waals surface area contributed by atoms with Gasteiger partial charge < -0.3 is 5.32 Å². The average molecular weight is 192 g/mol. The van der Waals surface area contributed by atoms with Crippen molar-refractivity contribution in [2.24, 2.45) is 0 Å². The molecule has 1 rings (SSSR count). The minimum Gasteiger partial charge on any atom is -0.350 e. The molecule has 0 aliphatic carbocycles. The Bertz CT molecular complexity index is 321. The predicted molar refractivity (Wildman–Crippen MR) is 56.2 cm³/mol. The van der Waals surface area contributed by atoms with Crippen molar-refractivity contribution in [3.8, 4) is 0 Å². The van der Waals surface area contributed by atoms with Gasteiger partial charge in [-0.05, 0) is 31.9 Å². The standard InChI is InChI=1S/C11H16N2O/c1-4-9-7-12-6-5-10(9)11(14)13-8(2)3/h5-8H,4H2,1-3H3,(H,13,14). The fraction of sp³-hybridized carbons (Fsp3) is 0.455. The van der Waals surface area contributed by atoms with E-state index in [9.17, 15) is 4.79 Å². The van der Waals surface area contributed by atoms with E-state index < -0.39 is 0 Å². The van der Waals surface area contributed by atoms with Gasteiger partial charge in [0.1, 0.15) is 0 Å². The van der Waals surface area contributed by atoms with Crippen LogP contribution in [0.2, 0.25) is 0 Å². The van der Waals surface area contributed by atoms with Crippen molar-refractivity contribution in [3.63, 3.8) is 0 Å². The van der Waals surface area contributed by atoms with Crippen molar-refractivity contribution < 1.29 is 4.79 Å². The van der Waals surface area contributed by atoms with Crippen molar-refractivity contribution in [2.75, 3.05) is 0 Å². The van der Waals surface area contributed by atoms with Crippen LogP contribution in [0.4, 0.5) is 0 Å². The molecule has 3 heteroatoms. The fourth-order valence-corrected chi connectivity index (χ4v) is 1.27. The molecule has 1 amide bonds. The van der Waals surface area contributed by atoms with Gasteiger partial charge in [0.2, 0.25) is 0 Å². The lowest BCUT2D eigenvalue weighted by Crippen LogP contribution is -2.30. The number of aryl methyl sites for hydroxylation is 1. The first kappa shape index (κ1) is 10.7. The Labute approximate surface area is 84.6 Å². The molecule has 1 aromatic heterocycles. The Morgan fingerprint density at radius 3 is 2.86 bits per heavy atom. The predicted octanol–water partition coefficient (Wildman–Crippen LogP) is 1.78. The van der Waals surface area contributed by atoms with Crippen LogP contribution in [-0.2, 0) is 6.42 Å². The Morgan fingerprint density at radius 2 is 2.29 bits per heavy atom. The molecule has 0 unspecified atom stereocenters. The smallest absolute Gasteiger partial charge is 0.251 e. The van der Waals surface area contributed by atoms with E-state index in [0.717, 1.165) is 17.5 Å². The molecule has 0 radical (unpaired) electrons. The molecule has 1 aromatic rings. The minimum absolute atomic E-state index is 0.0146. The molecule has 1 heterocycles.